The van der Waals surface area contributed by atoms with Crippen LogP contribution >= 0.6 is 146 Å². The molecule has 12 heteroatoms. The van der Waals surface area contributed by atoms with Gasteiger partial charge in [0.1, 0.15) is 14.1 Å². The van der Waals surface area contributed by atoms with Gasteiger partial charge in [-0.25, -0.2) is 0 Å². The molecule has 0 aliphatic carbocycles. The lowest BCUT2D eigenvalue weighted by Gasteiger charge is -1.75. The normalized spacial score (nSPS) is 7.60. The minimum atomic E-state index is 0.699. The van der Waals surface area contributed by atoms with E-state index in [2.05, 4.69) is 99.4 Å². The van der Waals surface area contributed by atoms with Crippen molar-refractivity contribution in [2.75, 3.05) is 25.0 Å². The molecule has 0 bridgehead atoms. The Kier molecular flexibility index (Phi) is 41.9. The van der Waals surface area contributed by atoms with E-state index in [-0.39, 0.29) is 0 Å². The first-order valence-corrected chi connectivity index (χ1v) is 12.5. The lowest BCUT2D eigenvalue weighted by molar-refractivity contribution is 2.53. The summed E-state index contributed by atoms with van der Waals surface area (Å²) in [5, 5.41) is 0. The van der Waals surface area contributed by atoms with Crippen molar-refractivity contribution < 1.29 is 0 Å². The fourth-order valence-electron chi connectivity index (χ4n) is 0. The molecule has 0 saturated carbocycles. The molecule has 0 aromatic carbocycles. The molecule has 0 aliphatic rings. The third-order valence-corrected chi connectivity index (χ3v) is 6.29. The number of hydrogen-bond acceptors (Lipinski definition) is 8. The van der Waals surface area contributed by atoms with Gasteiger partial charge in [0, 0.05) is 0 Å². The van der Waals surface area contributed by atoms with Crippen LogP contribution in [-0.2, 0) is 0 Å². The molecule has 0 aromatic rings. The highest BCUT2D eigenvalue weighted by Gasteiger charge is 1.73. The van der Waals surface area contributed by atoms with Crippen LogP contribution < -0.4 is 0 Å². The highest BCUT2D eigenvalue weighted by atomic mass is 32.2. The Bertz CT molecular complexity index is 217. The van der Waals surface area contributed by atoms with Crippen molar-refractivity contribution in [2.24, 2.45) is 0 Å². The molecule has 0 fully saturated rings. The van der Waals surface area contributed by atoms with Gasteiger partial charge >= 0.3 is 0 Å². The Balaban J connectivity index is -0.0000000853. The molecule has 0 saturated heterocycles. The maximum atomic E-state index is 4.52. The number of thioether (sulfide) groups is 4. The summed E-state index contributed by atoms with van der Waals surface area (Å²) < 4.78 is 2.80. The Hall–Kier alpha value is 3.16. The molecule has 20 heavy (non-hydrogen) atoms. The minimum Gasteiger partial charge on any atom is -0.125 e. The molecule has 0 spiro atoms. The molecule has 0 aromatic heterocycles. The maximum Gasteiger partial charge on any atom is 0.100 e. The van der Waals surface area contributed by atoms with Crippen LogP contribution in [0.15, 0.2) is 0 Å². The number of rotatable bonds is 0. The largest absolute Gasteiger partial charge is 0.125 e. The zero-order valence-corrected chi connectivity index (χ0v) is 21.2. The van der Waals surface area contributed by atoms with Crippen LogP contribution in [0.2, 0.25) is 0 Å². The van der Waals surface area contributed by atoms with Crippen LogP contribution in [0.5, 0.6) is 0 Å². The van der Waals surface area contributed by atoms with Gasteiger partial charge in [-0.2, -0.15) is 0 Å². The van der Waals surface area contributed by atoms with Gasteiger partial charge in [0.05, 0.1) is 0 Å². The van der Waals surface area contributed by atoms with Crippen molar-refractivity contribution in [3.8, 4) is 0 Å². The standard InChI is InChI=1S/4C2H4S3/c4*1-5-2(3)4/h4*1H3,(H,3,4). The van der Waals surface area contributed by atoms with E-state index in [1.165, 1.54) is 47.0 Å². The van der Waals surface area contributed by atoms with Crippen molar-refractivity contribution in [3.63, 3.8) is 0 Å². The van der Waals surface area contributed by atoms with Gasteiger partial charge < -0.3 is 0 Å². The van der Waals surface area contributed by atoms with Crippen LogP contribution in [0.25, 0.3) is 0 Å². The predicted molar refractivity (Wildman–Crippen MR) is 140 cm³/mol. The van der Waals surface area contributed by atoms with E-state index in [0.29, 0.717) is 14.1 Å². The van der Waals surface area contributed by atoms with E-state index in [9.17, 15) is 0 Å². The zero-order chi connectivity index (χ0) is 17.1. The summed E-state index contributed by atoms with van der Waals surface area (Å²) in [6.45, 7) is 0. The third-order valence-electron chi connectivity index (χ3n) is 0.698. The molecular formula is C8H16S12. The first-order valence-electron chi connectivity index (χ1n) is 4.16. The number of thiol groups is 4. The fraction of sp³-hybridized carbons (Fsp3) is 0.500. The van der Waals surface area contributed by atoms with Gasteiger partial charge in [-0.3, -0.25) is 0 Å². The summed E-state index contributed by atoms with van der Waals surface area (Å²) in [4.78, 5) is 0. The summed E-state index contributed by atoms with van der Waals surface area (Å²) in [5.74, 6) is 0. The lowest BCUT2D eigenvalue weighted by Crippen LogP contribution is -1.60. The van der Waals surface area contributed by atoms with E-state index >= 15 is 0 Å². The molecule has 0 amide bonds. The van der Waals surface area contributed by atoms with Crippen LogP contribution in [0, 0.1) is 0 Å². The highest BCUT2D eigenvalue weighted by Crippen LogP contribution is 2.00. The monoisotopic (exact) mass is 496 g/mol. The highest BCUT2D eigenvalue weighted by molar-refractivity contribution is 8.42. The molecule has 0 aliphatic heterocycles. The van der Waals surface area contributed by atoms with Crippen LogP contribution in [0.4, 0.5) is 0 Å². The molecule has 0 rings (SSSR count). The second kappa shape index (κ2) is 27.0. The molecule has 0 unspecified atom stereocenters. The van der Waals surface area contributed by atoms with Crippen LogP contribution in [-0.4, -0.2) is 39.1 Å². The maximum absolute atomic E-state index is 4.52. The Morgan fingerprint density at radius 2 is 0.550 bits per heavy atom. The average molecular weight is 497 g/mol. The number of hydrogen-bond donors (Lipinski definition) is 4. The second-order valence-corrected chi connectivity index (χ2v) is 12.0. The van der Waals surface area contributed by atoms with Crippen molar-refractivity contribution in [3.05, 3.63) is 0 Å². The van der Waals surface area contributed by atoms with Gasteiger partial charge in [0.2, 0.25) is 0 Å². The Morgan fingerprint density at radius 1 is 0.500 bits per heavy atom. The van der Waals surface area contributed by atoms with Gasteiger partial charge in [0.25, 0.3) is 0 Å². The second-order valence-electron chi connectivity index (χ2n) is 1.88. The Morgan fingerprint density at radius 3 is 0.550 bits per heavy atom. The summed E-state index contributed by atoms with van der Waals surface area (Å²) in [5.41, 5.74) is 0. The van der Waals surface area contributed by atoms with E-state index in [1.807, 2.05) is 25.0 Å². The smallest absolute Gasteiger partial charge is 0.100 e. The summed E-state index contributed by atoms with van der Waals surface area (Å²) >= 11 is 39.2. The van der Waals surface area contributed by atoms with Gasteiger partial charge in [0.15, 0.2) is 0 Å². The molecule has 120 valence electrons. The van der Waals surface area contributed by atoms with E-state index < -0.39 is 0 Å². The van der Waals surface area contributed by atoms with Crippen LogP contribution in [0.3, 0.4) is 0 Å². The van der Waals surface area contributed by atoms with E-state index in [4.69, 9.17) is 0 Å². The summed E-state index contributed by atoms with van der Waals surface area (Å²) in [7, 11) is 0. The van der Waals surface area contributed by atoms with E-state index in [0.717, 1.165) is 0 Å². The van der Waals surface area contributed by atoms with Crippen LogP contribution in [0.1, 0.15) is 0 Å². The third kappa shape index (κ3) is 69.1. The quantitative estimate of drug-likeness (QED) is 0.226. The molecule has 0 radical (unpaired) electrons. The van der Waals surface area contributed by atoms with Gasteiger partial charge in [-0.05, 0) is 25.0 Å². The molecule has 0 atom stereocenters. The van der Waals surface area contributed by atoms with Crippen molar-refractivity contribution >= 4 is 161 Å². The molecule has 0 N–H and O–H groups in total. The van der Waals surface area contributed by atoms with Gasteiger partial charge in [-0.1, -0.05) is 48.9 Å². The SMILES string of the molecule is CSC(=S)S.CSC(=S)S.CSC(=S)S.CSC(=S)S. The van der Waals surface area contributed by atoms with Crippen molar-refractivity contribution in [1.82, 2.24) is 0 Å². The van der Waals surface area contributed by atoms with Crippen molar-refractivity contribution in [2.45, 2.75) is 0 Å². The molecule has 0 nitrogen and oxygen atoms in total. The van der Waals surface area contributed by atoms with Gasteiger partial charge in [-0.15, -0.1) is 97.6 Å². The Labute approximate surface area is 183 Å². The topological polar surface area (TPSA) is 0 Å². The number of thiocarbonyl (C=S) groups is 4. The minimum absolute atomic E-state index is 0.699. The molecule has 0 heterocycles. The van der Waals surface area contributed by atoms with E-state index in [1.54, 1.807) is 0 Å². The predicted octanol–water partition coefficient (Wildman–Crippen LogP) is 6.26. The lowest BCUT2D eigenvalue weighted by atomic mass is 11.9. The molecular weight excluding hydrogens is 481 g/mol. The fourth-order valence-corrected chi connectivity index (χ4v) is 0. The first-order chi connectivity index (χ1) is 9.08. The van der Waals surface area contributed by atoms with Crippen molar-refractivity contribution in [1.29, 1.82) is 0 Å². The first kappa shape index (κ1) is 31.0. The zero-order valence-electron chi connectivity index (χ0n) is 11.1. The summed E-state index contributed by atoms with van der Waals surface area (Å²) in [6.07, 6.45) is 7.59. The summed E-state index contributed by atoms with van der Waals surface area (Å²) in [6, 6.07) is 0. The average Bonchev–Trinajstić information content (AvgIpc) is 2.40.